The molecule has 0 spiro atoms. The number of benzene rings is 1. The Morgan fingerprint density at radius 1 is 1.13 bits per heavy atom. The van der Waals surface area contributed by atoms with Crippen molar-refractivity contribution < 1.29 is 4.79 Å². The molecule has 1 aliphatic heterocycles. The van der Waals surface area contributed by atoms with Crippen LogP contribution in [0.1, 0.15) is 24.2 Å². The third-order valence-electron chi connectivity index (χ3n) is 5.17. The SMILES string of the molecule is Cc1cc(C)n(-c2cc(N3CCCC(C(=O)Nc4cc(Cl)ccc4Cl)C3)ncn2)n1. The van der Waals surface area contributed by atoms with Crippen LogP contribution in [0.2, 0.25) is 10.0 Å². The Morgan fingerprint density at radius 2 is 1.93 bits per heavy atom. The van der Waals surface area contributed by atoms with Crippen molar-refractivity contribution in [3.63, 3.8) is 0 Å². The summed E-state index contributed by atoms with van der Waals surface area (Å²) in [6, 6.07) is 8.94. The Kier molecular flexibility index (Phi) is 5.92. The van der Waals surface area contributed by atoms with Crippen LogP contribution in [0.3, 0.4) is 0 Å². The summed E-state index contributed by atoms with van der Waals surface area (Å²) in [5.74, 6) is 1.24. The van der Waals surface area contributed by atoms with Gasteiger partial charge in [0.25, 0.3) is 0 Å². The van der Waals surface area contributed by atoms with Crippen LogP contribution in [0.15, 0.2) is 36.7 Å². The maximum atomic E-state index is 12.9. The first-order chi connectivity index (χ1) is 14.4. The molecule has 0 aliphatic carbocycles. The Morgan fingerprint density at radius 3 is 2.70 bits per heavy atom. The molecule has 1 amide bonds. The van der Waals surface area contributed by atoms with Crippen molar-refractivity contribution in [2.45, 2.75) is 26.7 Å². The van der Waals surface area contributed by atoms with Crippen molar-refractivity contribution in [3.05, 3.63) is 58.1 Å². The molecule has 30 heavy (non-hydrogen) atoms. The number of amides is 1. The fourth-order valence-electron chi connectivity index (χ4n) is 3.71. The van der Waals surface area contributed by atoms with Gasteiger partial charge in [0.15, 0.2) is 5.82 Å². The molecule has 0 bridgehead atoms. The van der Waals surface area contributed by atoms with Gasteiger partial charge in [0, 0.05) is 29.9 Å². The summed E-state index contributed by atoms with van der Waals surface area (Å²) in [7, 11) is 0. The lowest BCUT2D eigenvalue weighted by molar-refractivity contribution is -0.120. The van der Waals surface area contributed by atoms with Gasteiger partial charge in [-0.15, -0.1) is 0 Å². The van der Waals surface area contributed by atoms with Gasteiger partial charge in [-0.2, -0.15) is 5.10 Å². The second-order valence-electron chi connectivity index (χ2n) is 7.47. The van der Waals surface area contributed by atoms with E-state index in [0.29, 0.717) is 28.1 Å². The van der Waals surface area contributed by atoms with Crippen LogP contribution in [0, 0.1) is 19.8 Å². The third kappa shape index (κ3) is 4.42. The number of anilines is 2. The number of nitrogens with one attached hydrogen (secondary N) is 1. The summed E-state index contributed by atoms with van der Waals surface area (Å²) in [5.41, 5.74) is 2.47. The maximum Gasteiger partial charge on any atom is 0.229 e. The Labute approximate surface area is 185 Å². The van der Waals surface area contributed by atoms with E-state index in [9.17, 15) is 4.79 Å². The van der Waals surface area contributed by atoms with Crippen LogP contribution >= 0.6 is 23.2 Å². The lowest BCUT2D eigenvalue weighted by Gasteiger charge is -2.33. The molecule has 7 nitrogen and oxygen atoms in total. The quantitative estimate of drug-likeness (QED) is 0.643. The smallest absolute Gasteiger partial charge is 0.229 e. The minimum absolute atomic E-state index is 0.0725. The first kappa shape index (κ1) is 20.6. The normalized spacial score (nSPS) is 16.5. The first-order valence-corrected chi connectivity index (χ1v) is 10.5. The van der Waals surface area contributed by atoms with E-state index >= 15 is 0 Å². The number of hydrogen-bond acceptors (Lipinski definition) is 5. The summed E-state index contributed by atoms with van der Waals surface area (Å²) >= 11 is 12.2. The zero-order valence-corrected chi connectivity index (χ0v) is 18.3. The minimum atomic E-state index is -0.180. The van der Waals surface area contributed by atoms with Crippen LogP contribution in [0.25, 0.3) is 5.82 Å². The van der Waals surface area contributed by atoms with Gasteiger partial charge in [0.2, 0.25) is 5.91 Å². The van der Waals surface area contributed by atoms with E-state index in [0.717, 1.165) is 36.6 Å². The van der Waals surface area contributed by atoms with E-state index in [4.69, 9.17) is 23.2 Å². The molecular formula is C21H22Cl2N6O. The van der Waals surface area contributed by atoms with E-state index in [1.54, 1.807) is 22.9 Å². The molecule has 1 aromatic carbocycles. The summed E-state index contributed by atoms with van der Waals surface area (Å²) in [6.45, 7) is 5.34. The average molecular weight is 445 g/mol. The molecular weight excluding hydrogens is 423 g/mol. The van der Waals surface area contributed by atoms with Gasteiger partial charge in [-0.25, -0.2) is 14.6 Å². The molecule has 1 N–H and O–H groups in total. The maximum absolute atomic E-state index is 12.9. The fourth-order valence-corrected chi connectivity index (χ4v) is 4.05. The second-order valence-corrected chi connectivity index (χ2v) is 8.32. The first-order valence-electron chi connectivity index (χ1n) is 9.77. The van der Waals surface area contributed by atoms with E-state index in [1.165, 1.54) is 6.33 Å². The van der Waals surface area contributed by atoms with Crippen molar-refractivity contribution in [2.24, 2.45) is 5.92 Å². The highest BCUT2D eigenvalue weighted by Crippen LogP contribution is 2.28. The molecule has 1 atom stereocenters. The van der Waals surface area contributed by atoms with E-state index in [1.807, 2.05) is 26.0 Å². The zero-order valence-electron chi connectivity index (χ0n) is 16.8. The predicted molar refractivity (Wildman–Crippen MR) is 119 cm³/mol. The summed E-state index contributed by atoms with van der Waals surface area (Å²) in [4.78, 5) is 23.8. The number of rotatable bonds is 4. The molecule has 3 aromatic rings. The number of nitrogens with zero attached hydrogens (tertiary/aromatic N) is 5. The van der Waals surface area contributed by atoms with Gasteiger partial charge in [-0.3, -0.25) is 4.79 Å². The summed E-state index contributed by atoms with van der Waals surface area (Å²) < 4.78 is 1.80. The van der Waals surface area contributed by atoms with Gasteiger partial charge in [-0.1, -0.05) is 23.2 Å². The monoisotopic (exact) mass is 444 g/mol. The molecule has 2 aromatic heterocycles. The highest BCUT2D eigenvalue weighted by Gasteiger charge is 2.27. The second kappa shape index (κ2) is 8.62. The number of aryl methyl sites for hydroxylation is 2. The number of aromatic nitrogens is 4. The lowest BCUT2D eigenvalue weighted by Crippen LogP contribution is -2.41. The number of carbonyl (C=O) groups is 1. The molecule has 1 fully saturated rings. The van der Waals surface area contributed by atoms with Crippen molar-refractivity contribution in [3.8, 4) is 5.82 Å². The highest BCUT2D eigenvalue weighted by atomic mass is 35.5. The summed E-state index contributed by atoms with van der Waals surface area (Å²) in [6.07, 6.45) is 3.23. The molecule has 1 aliphatic rings. The van der Waals surface area contributed by atoms with Gasteiger partial charge >= 0.3 is 0 Å². The van der Waals surface area contributed by atoms with Crippen LogP contribution in [0.5, 0.6) is 0 Å². The van der Waals surface area contributed by atoms with E-state index < -0.39 is 0 Å². The van der Waals surface area contributed by atoms with Crippen LogP contribution in [-0.2, 0) is 4.79 Å². The Hall–Kier alpha value is -2.64. The molecule has 1 saturated heterocycles. The number of halogens is 2. The topological polar surface area (TPSA) is 75.9 Å². The van der Waals surface area contributed by atoms with E-state index in [2.05, 4.69) is 25.3 Å². The molecule has 0 radical (unpaired) electrons. The average Bonchev–Trinajstić information content (AvgIpc) is 3.09. The lowest BCUT2D eigenvalue weighted by atomic mass is 9.97. The number of hydrogen-bond donors (Lipinski definition) is 1. The van der Waals surface area contributed by atoms with Crippen LogP contribution in [0.4, 0.5) is 11.5 Å². The number of carbonyl (C=O) groups excluding carboxylic acids is 1. The Bertz CT molecular complexity index is 1080. The Balaban J connectivity index is 1.50. The predicted octanol–water partition coefficient (Wildman–Crippen LogP) is 4.44. The molecule has 156 valence electrons. The molecule has 1 unspecified atom stereocenters. The zero-order chi connectivity index (χ0) is 21.3. The molecule has 4 rings (SSSR count). The van der Waals surface area contributed by atoms with E-state index in [-0.39, 0.29) is 11.8 Å². The molecule has 3 heterocycles. The van der Waals surface area contributed by atoms with Gasteiger partial charge < -0.3 is 10.2 Å². The van der Waals surface area contributed by atoms with Crippen molar-refractivity contribution in [1.29, 1.82) is 0 Å². The largest absolute Gasteiger partial charge is 0.356 e. The molecule has 0 saturated carbocycles. The van der Waals surface area contributed by atoms with Gasteiger partial charge in [0.05, 0.1) is 22.3 Å². The third-order valence-corrected chi connectivity index (χ3v) is 5.73. The van der Waals surface area contributed by atoms with Crippen molar-refractivity contribution in [2.75, 3.05) is 23.3 Å². The fraction of sp³-hybridized carbons (Fsp3) is 0.333. The van der Waals surface area contributed by atoms with Gasteiger partial charge in [-0.05, 0) is 51.0 Å². The minimum Gasteiger partial charge on any atom is -0.356 e. The van der Waals surface area contributed by atoms with Crippen molar-refractivity contribution >= 4 is 40.6 Å². The van der Waals surface area contributed by atoms with Gasteiger partial charge in [0.1, 0.15) is 12.1 Å². The van der Waals surface area contributed by atoms with Crippen LogP contribution in [-0.4, -0.2) is 38.7 Å². The van der Waals surface area contributed by atoms with Crippen molar-refractivity contribution in [1.82, 2.24) is 19.7 Å². The number of piperidine rings is 1. The van der Waals surface area contributed by atoms with Crippen LogP contribution < -0.4 is 10.2 Å². The highest BCUT2D eigenvalue weighted by molar-refractivity contribution is 6.35. The standard InChI is InChI=1S/C21H22Cl2N6O/c1-13-8-14(2)29(27-13)20-10-19(24-12-25-20)28-7-3-4-15(11-28)21(30)26-18-9-16(22)5-6-17(18)23/h5-6,8-10,12,15H,3-4,7,11H2,1-2H3,(H,26,30). The summed E-state index contributed by atoms with van der Waals surface area (Å²) in [5, 5.41) is 8.39. The molecule has 9 heteroatoms.